The number of para-hydroxylation sites is 1. The smallest absolute Gasteiger partial charge is 0.255 e. The van der Waals surface area contributed by atoms with Crippen LogP contribution in [0.15, 0.2) is 48.5 Å². The number of anilines is 1. The van der Waals surface area contributed by atoms with Gasteiger partial charge in [0.1, 0.15) is 11.4 Å². The van der Waals surface area contributed by atoms with E-state index < -0.39 is 5.66 Å². The van der Waals surface area contributed by atoms with Crippen LogP contribution in [0, 0.1) is 5.92 Å². The maximum absolute atomic E-state index is 12.5. The van der Waals surface area contributed by atoms with Gasteiger partial charge in [0.05, 0.1) is 12.2 Å². The molecule has 0 aliphatic carbocycles. The van der Waals surface area contributed by atoms with Gasteiger partial charge in [0, 0.05) is 5.69 Å². The van der Waals surface area contributed by atoms with Crippen molar-refractivity contribution in [2.75, 3.05) is 11.9 Å². The van der Waals surface area contributed by atoms with Crippen molar-refractivity contribution in [2.45, 2.75) is 32.9 Å². The van der Waals surface area contributed by atoms with E-state index in [1.165, 1.54) is 0 Å². The molecule has 4 nitrogen and oxygen atoms in total. The second kappa shape index (κ2) is 6.56. The van der Waals surface area contributed by atoms with Gasteiger partial charge >= 0.3 is 0 Å². The van der Waals surface area contributed by atoms with Gasteiger partial charge in [-0.25, -0.2) is 0 Å². The second-order valence-corrected chi connectivity index (χ2v) is 6.61. The fraction of sp³-hybridized carbons (Fsp3) is 0.350. The van der Waals surface area contributed by atoms with E-state index in [2.05, 4.69) is 31.4 Å². The summed E-state index contributed by atoms with van der Waals surface area (Å²) in [7, 11) is 0. The summed E-state index contributed by atoms with van der Waals surface area (Å²) in [4.78, 5) is 12.5. The highest BCUT2D eigenvalue weighted by Gasteiger charge is 2.37. The first-order chi connectivity index (χ1) is 11.5. The van der Waals surface area contributed by atoms with Gasteiger partial charge in [-0.05, 0) is 42.2 Å². The molecular weight excluding hydrogens is 300 g/mol. The summed E-state index contributed by atoms with van der Waals surface area (Å²) in [5, 5.41) is 6.63. The molecule has 1 atom stereocenters. The largest absolute Gasteiger partial charge is 0.493 e. The summed E-state index contributed by atoms with van der Waals surface area (Å²) < 4.78 is 5.75. The highest BCUT2D eigenvalue weighted by Crippen LogP contribution is 2.34. The van der Waals surface area contributed by atoms with Crippen molar-refractivity contribution < 1.29 is 9.53 Å². The monoisotopic (exact) mass is 324 g/mol. The zero-order valence-corrected chi connectivity index (χ0v) is 14.4. The van der Waals surface area contributed by atoms with Gasteiger partial charge in [-0.3, -0.25) is 4.79 Å². The zero-order valence-electron chi connectivity index (χ0n) is 14.4. The van der Waals surface area contributed by atoms with Crippen LogP contribution in [0.5, 0.6) is 5.75 Å². The molecule has 1 heterocycles. The van der Waals surface area contributed by atoms with Crippen LogP contribution in [0.3, 0.4) is 0 Å². The van der Waals surface area contributed by atoms with Crippen molar-refractivity contribution in [3.05, 3.63) is 59.7 Å². The number of carbonyl (C=O) groups is 1. The van der Waals surface area contributed by atoms with Crippen molar-refractivity contribution in [3.8, 4) is 5.75 Å². The van der Waals surface area contributed by atoms with Gasteiger partial charge in [-0.1, -0.05) is 45.0 Å². The Kier molecular flexibility index (Phi) is 4.47. The Balaban J connectivity index is 1.88. The standard InChI is InChI=1S/C20H24N2O2/c1-4-20(15-9-11-16(12-10-15)24-13-14(2)3)21-18-8-6-5-7-17(18)19(23)22-20/h5-12,14,21H,4,13H2,1-3H3,(H,22,23). The van der Waals surface area contributed by atoms with Crippen LogP contribution >= 0.6 is 0 Å². The molecular formula is C20H24N2O2. The molecule has 1 aliphatic heterocycles. The van der Waals surface area contributed by atoms with Crippen LogP contribution in [0.25, 0.3) is 0 Å². The number of fused-ring (bicyclic) bond motifs is 1. The fourth-order valence-electron chi connectivity index (χ4n) is 2.94. The van der Waals surface area contributed by atoms with E-state index in [0.717, 1.165) is 23.4 Å². The lowest BCUT2D eigenvalue weighted by Crippen LogP contribution is -2.54. The molecule has 4 heteroatoms. The molecule has 1 unspecified atom stereocenters. The predicted molar refractivity (Wildman–Crippen MR) is 96.3 cm³/mol. The molecule has 0 spiro atoms. The van der Waals surface area contributed by atoms with Gasteiger partial charge in [-0.15, -0.1) is 0 Å². The van der Waals surface area contributed by atoms with E-state index in [1.54, 1.807) is 0 Å². The Morgan fingerprint density at radius 2 is 1.75 bits per heavy atom. The van der Waals surface area contributed by atoms with E-state index in [4.69, 9.17) is 4.74 Å². The average Bonchev–Trinajstić information content (AvgIpc) is 2.60. The Morgan fingerprint density at radius 3 is 2.42 bits per heavy atom. The Bertz CT molecular complexity index is 725. The maximum atomic E-state index is 12.5. The highest BCUT2D eigenvalue weighted by atomic mass is 16.5. The summed E-state index contributed by atoms with van der Waals surface area (Å²) in [5.41, 5.74) is 1.97. The summed E-state index contributed by atoms with van der Waals surface area (Å²) in [5.74, 6) is 1.29. The lowest BCUT2D eigenvalue weighted by molar-refractivity contribution is 0.0896. The number of nitrogens with one attached hydrogen (secondary N) is 2. The van der Waals surface area contributed by atoms with E-state index in [0.29, 0.717) is 18.1 Å². The SMILES string of the molecule is CCC1(c2ccc(OCC(C)C)cc2)NC(=O)c2ccccc2N1. The number of hydrogen-bond acceptors (Lipinski definition) is 3. The van der Waals surface area contributed by atoms with E-state index in [-0.39, 0.29) is 5.91 Å². The van der Waals surface area contributed by atoms with E-state index >= 15 is 0 Å². The fourth-order valence-corrected chi connectivity index (χ4v) is 2.94. The third kappa shape index (κ3) is 3.09. The molecule has 0 radical (unpaired) electrons. The summed E-state index contributed by atoms with van der Waals surface area (Å²) in [6.07, 6.45) is 0.735. The van der Waals surface area contributed by atoms with E-state index in [9.17, 15) is 4.79 Å². The molecule has 2 N–H and O–H groups in total. The number of ether oxygens (including phenoxy) is 1. The molecule has 0 fully saturated rings. The first-order valence-electron chi connectivity index (χ1n) is 8.47. The first-order valence-corrected chi connectivity index (χ1v) is 8.47. The minimum Gasteiger partial charge on any atom is -0.493 e. The summed E-state index contributed by atoms with van der Waals surface area (Å²) >= 11 is 0. The minimum absolute atomic E-state index is 0.0497. The van der Waals surface area contributed by atoms with Crippen LogP contribution < -0.4 is 15.4 Å². The van der Waals surface area contributed by atoms with Crippen molar-refractivity contribution in [3.63, 3.8) is 0 Å². The van der Waals surface area contributed by atoms with Crippen molar-refractivity contribution in [1.82, 2.24) is 5.32 Å². The molecule has 24 heavy (non-hydrogen) atoms. The third-order valence-corrected chi connectivity index (χ3v) is 4.31. The second-order valence-electron chi connectivity index (χ2n) is 6.61. The normalized spacial score (nSPS) is 19.4. The predicted octanol–water partition coefficient (Wildman–Crippen LogP) is 4.14. The van der Waals surface area contributed by atoms with Crippen LogP contribution in [-0.4, -0.2) is 12.5 Å². The Hall–Kier alpha value is -2.49. The number of rotatable bonds is 5. The zero-order chi connectivity index (χ0) is 17.2. The first kappa shape index (κ1) is 16.4. The molecule has 0 saturated heterocycles. The molecule has 1 amide bonds. The number of carbonyl (C=O) groups excluding carboxylic acids is 1. The van der Waals surface area contributed by atoms with Crippen molar-refractivity contribution >= 4 is 11.6 Å². The molecule has 2 aromatic rings. The molecule has 0 aromatic heterocycles. The van der Waals surface area contributed by atoms with Gasteiger partial charge in [-0.2, -0.15) is 0 Å². The maximum Gasteiger partial charge on any atom is 0.255 e. The van der Waals surface area contributed by atoms with Crippen molar-refractivity contribution in [1.29, 1.82) is 0 Å². The van der Waals surface area contributed by atoms with Gasteiger partial charge in [0.25, 0.3) is 5.91 Å². The van der Waals surface area contributed by atoms with Crippen LogP contribution in [0.2, 0.25) is 0 Å². The molecule has 0 bridgehead atoms. The molecule has 126 valence electrons. The number of amides is 1. The lowest BCUT2D eigenvalue weighted by atomic mass is 9.92. The summed E-state index contributed by atoms with van der Waals surface area (Å²) in [6, 6.07) is 15.5. The Morgan fingerprint density at radius 1 is 1.04 bits per heavy atom. The third-order valence-electron chi connectivity index (χ3n) is 4.31. The van der Waals surface area contributed by atoms with Gasteiger partial charge in [0.15, 0.2) is 0 Å². The summed E-state index contributed by atoms with van der Waals surface area (Å²) in [6.45, 7) is 7.00. The van der Waals surface area contributed by atoms with Gasteiger partial charge in [0.2, 0.25) is 0 Å². The molecule has 3 rings (SSSR count). The van der Waals surface area contributed by atoms with Crippen molar-refractivity contribution in [2.24, 2.45) is 5.92 Å². The van der Waals surface area contributed by atoms with Crippen LogP contribution in [0.1, 0.15) is 43.1 Å². The number of hydrogen-bond donors (Lipinski definition) is 2. The molecule has 2 aromatic carbocycles. The minimum atomic E-state index is -0.595. The highest BCUT2D eigenvalue weighted by molar-refractivity contribution is 6.02. The number of benzene rings is 2. The van der Waals surface area contributed by atoms with E-state index in [1.807, 2.05) is 48.5 Å². The van der Waals surface area contributed by atoms with Crippen LogP contribution in [-0.2, 0) is 5.66 Å². The average molecular weight is 324 g/mol. The molecule has 0 saturated carbocycles. The van der Waals surface area contributed by atoms with Gasteiger partial charge < -0.3 is 15.4 Å². The quantitative estimate of drug-likeness (QED) is 0.869. The Labute approximate surface area is 143 Å². The molecule has 1 aliphatic rings. The van der Waals surface area contributed by atoms with Crippen LogP contribution in [0.4, 0.5) is 5.69 Å². The lowest BCUT2D eigenvalue weighted by Gasteiger charge is -2.40. The topological polar surface area (TPSA) is 50.4 Å².